The van der Waals surface area contributed by atoms with Crippen LogP contribution in [0.3, 0.4) is 0 Å². The number of imide groups is 1. The average molecular weight is 382 g/mol. The first-order valence-electron chi connectivity index (χ1n) is 7.56. The van der Waals surface area contributed by atoms with Crippen molar-refractivity contribution in [1.82, 2.24) is 10.6 Å². The van der Waals surface area contributed by atoms with E-state index in [1.165, 1.54) is 17.5 Å². The van der Waals surface area contributed by atoms with E-state index >= 15 is 0 Å². The van der Waals surface area contributed by atoms with Gasteiger partial charge in [-0.15, -0.1) is 0 Å². The number of nitrogens with one attached hydrogen (secondary N) is 2. The molecule has 1 heterocycles. The Hall–Kier alpha value is -1.89. The molecule has 0 spiro atoms. The molecule has 6 nitrogen and oxygen atoms in total. The minimum absolute atomic E-state index is 0.229. The molecule has 0 saturated carbocycles. The lowest BCUT2D eigenvalue weighted by Crippen LogP contribution is -2.56. The molecule has 1 saturated heterocycles. The Balaban J connectivity index is 2.23. The number of carbonyl (C=O) groups is 3. The second kappa shape index (κ2) is 8.10. The molecule has 1 aliphatic heterocycles. The standard InChI is InChI=1S/C16H20BrN3O3/c1-18-16(23)20(13-8-9-14(21)19-15(13)22)12-6-4-11(5-7-12)3-2-10-17/h4-7,13H,2-3,8-10H2,1H3,(H,18,23)(H,19,21,22). The molecule has 1 aliphatic rings. The molecule has 1 aromatic rings. The van der Waals surface area contributed by atoms with Gasteiger partial charge in [-0.3, -0.25) is 19.8 Å². The third kappa shape index (κ3) is 4.31. The fourth-order valence-electron chi connectivity index (χ4n) is 2.58. The third-order valence-electron chi connectivity index (χ3n) is 3.77. The van der Waals surface area contributed by atoms with Gasteiger partial charge in [0, 0.05) is 24.5 Å². The van der Waals surface area contributed by atoms with Crippen molar-refractivity contribution in [3.8, 4) is 0 Å². The average Bonchev–Trinajstić information content (AvgIpc) is 2.56. The number of benzene rings is 1. The van der Waals surface area contributed by atoms with E-state index in [1.54, 1.807) is 0 Å². The number of halogens is 1. The van der Waals surface area contributed by atoms with Crippen LogP contribution in [0.2, 0.25) is 0 Å². The van der Waals surface area contributed by atoms with Gasteiger partial charge in [0.2, 0.25) is 11.8 Å². The van der Waals surface area contributed by atoms with Crippen molar-refractivity contribution in [3.63, 3.8) is 0 Å². The van der Waals surface area contributed by atoms with Gasteiger partial charge in [0.15, 0.2) is 0 Å². The summed E-state index contributed by atoms with van der Waals surface area (Å²) in [6.45, 7) is 0. The van der Waals surface area contributed by atoms with Crippen molar-refractivity contribution < 1.29 is 14.4 Å². The number of piperidine rings is 1. The SMILES string of the molecule is CNC(=O)N(c1ccc(CCCBr)cc1)C1CCC(=O)NC1=O. The topological polar surface area (TPSA) is 78.5 Å². The first-order chi connectivity index (χ1) is 11.1. The third-order valence-corrected chi connectivity index (χ3v) is 4.33. The van der Waals surface area contributed by atoms with Gasteiger partial charge in [0.1, 0.15) is 6.04 Å². The number of hydrogen-bond acceptors (Lipinski definition) is 3. The highest BCUT2D eigenvalue weighted by molar-refractivity contribution is 9.09. The maximum absolute atomic E-state index is 12.2. The zero-order chi connectivity index (χ0) is 16.8. The lowest BCUT2D eigenvalue weighted by atomic mass is 10.0. The van der Waals surface area contributed by atoms with Crippen LogP contribution in [0.25, 0.3) is 0 Å². The Bertz CT molecular complexity index is 589. The number of anilines is 1. The minimum Gasteiger partial charge on any atom is -0.341 e. The van der Waals surface area contributed by atoms with Crippen molar-refractivity contribution in [3.05, 3.63) is 29.8 Å². The number of rotatable bonds is 5. The minimum atomic E-state index is -0.680. The number of nitrogens with zero attached hydrogens (tertiary/aromatic N) is 1. The number of urea groups is 1. The summed E-state index contributed by atoms with van der Waals surface area (Å²) in [6.07, 6.45) is 2.53. The molecule has 124 valence electrons. The van der Waals surface area contributed by atoms with E-state index in [0.29, 0.717) is 12.1 Å². The Labute approximate surface area is 143 Å². The molecule has 1 atom stereocenters. The zero-order valence-electron chi connectivity index (χ0n) is 13.0. The van der Waals surface area contributed by atoms with Crippen LogP contribution < -0.4 is 15.5 Å². The van der Waals surface area contributed by atoms with Gasteiger partial charge in [0.05, 0.1) is 0 Å². The van der Waals surface area contributed by atoms with Crippen LogP contribution in [0.4, 0.5) is 10.5 Å². The molecule has 23 heavy (non-hydrogen) atoms. The highest BCUT2D eigenvalue weighted by Crippen LogP contribution is 2.23. The van der Waals surface area contributed by atoms with Crippen LogP contribution in [0.15, 0.2) is 24.3 Å². The van der Waals surface area contributed by atoms with E-state index in [-0.39, 0.29) is 18.4 Å². The highest BCUT2D eigenvalue weighted by Gasteiger charge is 2.35. The molecule has 0 aliphatic carbocycles. The second-order valence-corrected chi connectivity index (χ2v) is 6.14. The molecule has 0 aromatic heterocycles. The molecular formula is C16H20BrN3O3. The van der Waals surface area contributed by atoms with Gasteiger partial charge >= 0.3 is 6.03 Å². The lowest BCUT2D eigenvalue weighted by molar-refractivity contribution is -0.134. The summed E-state index contributed by atoms with van der Waals surface area (Å²) in [4.78, 5) is 37.0. The van der Waals surface area contributed by atoms with Gasteiger partial charge < -0.3 is 5.32 Å². The van der Waals surface area contributed by atoms with E-state index in [2.05, 4.69) is 26.6 Å². The van der Waals surface area contributed by atoms with E-state index in [0.717, 1.165) is 18.2 Å². The van der Waals surface area contributed by atoms with E-state index < -0.39 is 11.9 Å². The van der Waals surface area contributed by atoms with Gasteiger partial charge in [-0.1, -0.05) is 28.1 Å². The van der Waals surface area contributed by atoms with Crippen LogP contribution in [0.1, 0.15) is 24.8 Å². The molecule has 2 rings (SSSR count). The number of amides is 4. The van der Waals surface area contributed by atoms with Crippen molar-refractivity contribution in [2.24, 2.45) is 0 Å². The first-order valence-corrected chi connectivity index (χ1v) is 8.68. The zero-order valence-corrected chi connectivity index (χ0v) is 14.6. The Morgan fingerprint density at radius 3 is 2.61 bits per heavy atom. The normalized spacial score (nSPS) is 17.6. The summed E-state index contributed by atoms with van der Waals surface area (Å²) >= 11 is 3.40. The molecular weight excluding hydrogens is 362 g/mol. The second-order valence-electron chi connectivity index (χ2n) is 5.35. The molecule has 0 bridgehead atoms. The number of alkyl halides is 1. The van der Waals surface area contributed by atoms with Crippen molar-refractivity contribution in [1.29, 1.82) is 0 Å². The van der Waals surface area contributed by atoms with E-state index in [9.17, 15) is 14.4 Å². The fraction of sp³-hybridized carbons (Fsp3) is 0.438. The molecule has 7 heteroatoms. The van der Waals surface area contributed by atoms with Crippen LogP contribution in [0.5, 0.6) is 0 Å². The van der Waals surface area contributed by atoms with E-state index in [4.69, 9.17) is 0 Å². The number of carbonyl (C=O) groups excluding carboxylic acids is 3. The van der Waals surface area contributed by atoms with Crippen molar-refractivity contribution in [2.75, 3.05) is 17.3 Å². The molecule has 2 N–H and O–H groups in total. The predicted octanol–water partition coefficient (Wildman–Crippen LogP) is 1.97. The van der Waals surface area contributed by atoms with Crippen LogP contribution >= 0.6 is 15.9 Å². The summed E-state index contributed by atoms with van der Waals surface area (Å²) in [5, 5.41) is 5.79. The highest BCUT2D eigenvalue weighted by atomic mass is 79.9. The summed E-state index contributed by atoms with van der Waals surface area (Å²) in [5.74, 6) is -0.735. The monoisotopic (exact) mass is 381 g/mol. The van der Waals surface area contributed by atoms with Crippen LogP contribution in [-0.4, -0.2) is 36.3 Å². The van der Waals surface area contributed by atoms with Crippen LogP contribution in [0, 0.1) is 0 Å². The van der Waals surface area contributed by atoms with Crippen molar-refractivity contribution >= 4 is 39.5 Å². The maximum atomic E-state index is 12.2. The Morgan fingerprint density at radius 1 is 1.35 bits per heavy atom. The summed E-state index contributed by atoms with van der Waals surface area (Å²) in [6, 6.07) is 6.54. The smallest absolute Gasteiger partial charge is 0.322 e. The molecule has 1 aromatic carbocycles. The predicted molar refractivity (Wildman–Crippen MR) is 91.7 cm³/mol. The lowest BCUT2D eigenvalue weighted by Gasteiger charge is -2.32. The Kier molecular flexibility index (Phi) is 6.15. The summed E-state index contributed by atoms with van der Waals surface area (Å²) < 4.78 is 0. The number of aryl methyl sites for hydroxylation is 1. The fourth-order valence-corrected chi connectivity index (χ4v) is 2.86. The Morgan fingerprint density at radius 2 is 2.04 bits per heavy atom. The van der Waals surface area contributed by atoms with Gasteiger partial charge in [-0.2, -0.15) is 0 Å². The summed E-state index contributed by atoms with van der Waals surface area (Å²) in [5.41, 5.74) is 1.81. The largest absolute Gasteiger partial charge is 0.341 e. The molecule has 0 radical (unpaired) electrons. The van der Waals surface area contributed by atoms with Crippen LogP contribution in [-0.2, 0) is 16.0 Å². The van der Waals surface area contributed by atoms with Gasteiger partial charge in [0.25, 0.3) is 0 Å². The molecule has 4 amide bonds. The quantitative estimate of drug-likeness (QED) is 0.604. The van der Waals surface area contributed by atoms with Gasteiger partial charge in [-0.25, -0.2) is 4.79 Å². The molecule has 1 fully saturated rings. The van der Waals surface area contributed by atoms with Gasteiger partial charge in [-0.05, 0) is 37.0 Å². The maximum Gasteiger partial charge on any atom is 0.322 e. The van der Waals surface area contributed by atoms with E-state index in [1.807, 2.05) is 24.3 Å². The molecule has 1 unspecified atom stereocenters. The summed E-state index contributed by atoms with van der Waals surface area (Å²) in [7, 11) is 1.52. The first kappa shape index (κ1) is 17.5. The van der Waals surface area contributed by atoms with Crippen molar-refractivity contribution in [2.45, 2.75) is 31.7 Å². The number of hydrogen-bond donors (Lipinski definition) is 2.